The van der Waals surface area contributed by atoms with Gasteiger partial charge in [-0.15, -0.1) is 0 Å². The lowest BCUT2D eigenvalue weighted by Gasteiger charge is -2.28. The largest absolute Gasteiger partial charge is 0.467 e. The smallest absolute Gasteiger partial charge is 0.328 e. The molecule has 0 radical (unpaired) electrons. The summed E-state index contributed by atoms with van der Waals surface area (Å²) in [5.41, 5.74) is 0. The first-order chi connectivity index (χ1) is 8.72. The van der Waals surface area contributed by atoms with Crippen molar-refractivity contribution in [1.29, 1.82) is 0 Å². The first-order valence-corrected chi connectivity index (χ1v) is 6.87. The Bertz CT molecular complexity index is 313. The molecule has 1 saturated heterocycles. The van der Waals surface area contributed by atoms with Crippen LogP contribution in [0.2, 0.25) is 0 Å². The minimum atomic E-state index is -0.390. The minimum absolute atomic E-state index is 0.102. The molecule has 0 aromatic heterocycles. The van der Waals surface area contributed by atoms with Gasteiger partial charge in [0, 0.05) is 12.6 Å². The maximum atomic E-state index is 12.2. The molecule has 1 aliphatic carbocycles. The number of rotatable bonds is 2. The maximum Gasteiger partial charge on any atom is 0.328 e. The van der Waals surface area contributed by atoms with E-state index < -0.39 is 6.04 Å². The predicted molar refractivity (Wildman–Crippen MR) is 67.1 cm³/mol. The Morgan fingerprint density at radius 2 is 1.83 bits per heavy atom. The number of nitrogens with zero attached hydrogens (tertiary/aromatic N) is 1. The van der Waals surface area contributed by atoms with E-state index in [2.05, 4.69) is 5.32 Å². The number of amides is 2. The summed E-state index contributed by atoms with van der Waals surface area (Å²) >= 11 is 0. The van der Waals surface area contributed by atoms with Gasteiger partial charge in [-0.1, -0.05) is 19.3 Å². The Kier molecular flexibility index (Phi) is 4.44. The molecule has 1 aliphatic heterocycles. The van der Waals surface area contributed by atoms with Gasteiger partial charge in [-0.3, -0.25) is 0 Å². The number of esters is 1. The van der Waals surface area contributed by atoms with Crippen LogP contribution in [0.3, 0.4) is 0 Å². The molecule has 0 spiro atoms. The number of urea groups is 1. The highest BCUT2D eigenvalue weighted by Crippen LogP contribution is 2.21. The third-order valence-electron chi connectivity index (χ3n) is 3.92. The highest BCUT2D eigenvalue weighted by Gasteiger charge is 2.35. The molecule has 5 heteroatoms. The number of methoxy groups -OCH3 is 1. The topological polar surface area (TPSA) is 58.6 Å². The summed E-state index contributed by atoms with van der Waals surface area (Å²) in [5, 5.41) is 3.05. The molecular formula is C13H22N2O3. The number of likely N-dealkylation sites (tertiary alicyclic amines) is 1. The van der Waals surface area contributed by atoms with Crippen molar-refractivity contribution in [1.82, 2.24) is 10.2 Å². The number of carbonyl (C=O) groups excluding carboxylic acids is 2. The molecule has 1 heterocycles. The summed E-state index contributed by atoms with van der Waals surface area (Å²) in [5.74, 6) is -0.300. The van der Waals surface area contributed by atoms with E-state index in [0.717, 1.165) is 19.3 Å². The Balaban J connectivity index is 1.89. The normalized spacial score (nSPS) is 24.9. The van der Waals surface area contributed by atoms with E-state index >= 15 is 0 Å². The zero-order valence-corrected chi connectivity index (χ0v) is 11.0. The Morgan fingerprint density at radius 1 is 1.11 bits per heavy atom. The second kappa shape index (κ2) is 6.07. The van der Waals surface area contributed by atoms with Crippen LogP contribution < -0.4 is 5.32 Å². The lowest BCUT2D eigenvalue weighted by atomic mass is 9.96. The fourth-order valence-corrected chi connectivity index (χ4v) is 2.90. The summed E-state index contributed by atoms with van der Waals surface area (Å²) in [6.07, 6.45) is 7.34. The first kappa shape index (κ1) is 13.2. The average molecular weight is 254 g/mol. The molecule has 2 rings (SSSR count). The molecule has 1 saturated carbocycles. The fourth-order valence-electron chi connectivity index (χ4n) is 2.90. The summed E-state index contributed by atoms with van der Waals surface area (Å²) in [6.45, 7) is 0.651. The van der Waals surface area contributed by atoms with Gasteiger partial charge in [0.2, 0.25) is 0 Å². The molecule has 2 aliphatic rings. The second-order valence-electron chi connectivity index (χ2n) is 5.16. The third-order valence-corrected chi connectivity index (χ3v) is 3.92. The number of nitrogens with one attached hydrogen (secondary N) is 1. The van der Waals surface area contributed by atoms with E-state index in [9.17, 15) is 9.59 Å². The van der Waals surface area contributed by atoms with Crippen molar-refractivity contribution < 1.29 is 14.3 Å². The van der Waals surface area contributed by atoms with E-state index in [1.807, 2.05) is 0 Å². The molecular weight excluding hydrogens is 232 g/mol. The number of carbonyl (C=O) groups is 2. The summed E-state index contributed by atoms with van der Waals surface area (Å²) in [4.78, 5) is 25.4. The van der Waals surface area contributed by atoms with Crippen LogP contribution in [0.5, 0.6) is 0 Å². The molecule has 1 N–H and O–H groups in total. The van der Waals surface area contributed by atoms with Crippen LogP contribution in [-0.2, 0) is 9.53 Å². The summed E-state index contributed by atoms with van der Waals surface area (Å²) in [7, 11) is 1.37. The number of ether oxygens (including phenoxy) is 1. The van der Waals surface area contributed by atoms with Gasteiger partial charge in [0.25, 0.3) is 0 Å². The number of hydrogen-bond donors (Lipinski definition) is 1. The van der Waals surface area contributed by atoms with Gasteiger partial charge < -0.3 is 15.0 Å². The van der Waals surface area contributed by atoms with Gasteiger partial charge in [-0.2, -0.15) is 0 Å². The fraction of sp³-hybridized carbons (Fsp3) is 0.846. The molecule has 5 nitrogen and oxygen atoms in total. The van der Waals surface area contributed by atoms with Crippen molar-refractivity contribution in [2.24, 2.45) is 0 Å². The molecule has 0 aromatic rings. The van der Waals surface area contributed by atoms with Gasteiger partial charge in [0.15, 0.2) is 0 Å². The van der Waals surface area contributed by atoms with Crippen molar-refractivity contribution in [2.75, 3.05) is 13.7 Å². The molecule has 1 atom stereocenters. The van der Waals surface area contributed by atoms with Crippen LogP contribution in [0.15, 0.2) is 0 Å². The standard InChI is InChI=1S/C13H22N2O3/c1-18-12(16)11-8-5-9-15(11)13(17)14-10-6-3-2-4-7-10/h10-11H,2-9H2,1H3,(H,14,17). The van der Waals surface area contributed by atoms with Crippen molar-refractivity contribution in [3.63, 3.8) is 0 Å². The quantitative estimate of drug-likeness (QED) is 0.762. The van der Waals surface area contributed by atoms with E-state index in [1.54, 1.807) is 4.90 Å². The minimum Gasteiger partial charge on any atom is -0.467 e. The Morgan fingerprint density at radius 3 is 2.50 bits per heavy atom. The summed E-state index contributed by atoms with van der Waals surface area (Å²) < 4.78 is 4.74. The molecule has 1 unspecified atom stereocenters. The van der Waals surface area contributed by atoms with Crippen molar-refractivity contribution in [2.45, 2.75) is 57.0 Å². The monoisotopic (exact) mass is 254 g/mol. The van der Waals surface area contributed by atoms with E-state index in [-0.39, 0.29) is 18.0 Å². The van der Waals surface area contributed by atoms with Crippen molar-refractivity contribution >= 4 is 12.0 Å². The molecule has 0 bridgehead atoms. The Hall–Kier alpha value is -1.26. The van der Waals surface area contributed by atoms with Gasteiger partial charge >= 0.3 is 12.0 Å². The Labute approximate surface area is 108 Å². The van der Waals surface area contributed by atoms with Crippen LogP contribution >= 0.6 is 0 Å². The molecule has 0 aromatic carbocycles. The maximum absolute atomic E-state index is 12.2. The average Bonchev–Trinajstić information content (AvgIpc) is 2.88. The highest BCUT2D eigenvalue weighted by atomic mass is 16.5. The van der Waals surface area contributed by atoms with Crippen LogP contribution in [0.25, 0.3) is 0 Å². The highest BCUT2D eigenvalue weighted by molar-refractivity contribution is 5.84. The molecule has 18 heavy (non-hydrogen) atoms. The third kappa shape index (κ3) is 2.94. The zero-order valence-electron chi connectivity index (χ0n) is 11.0. The van der Waals surface area contributed by atoms with E-state index in [4.69, 9.17) is 4.74 Å². The van der Waals surface area contributed by atoms with Crippen LogP contribution in [0, 0.1) is 0 Å². The van der Waals surface area contributed by atoms with E-state index in [0.29, 0.717) is 13.0 Å². The predicted octanol–water partition coefficient (Wildman–Crippen LogP) is 1.67. The molecule has 102 valence electrons. The van der Waals surface area contributed by atoms with Gasteiger partial charge in [0.1, 0.15) is 6.04 Å². The molecule has 2 fully saturated rings. The second-order valence-corrected chi connectivity index (χ2v) is 5.16. The van der Waals surface area contributed by atoms with Gasteiger partial charge in [-0.25, -0.2) is 9.59 Å². The van der Waals surface area contributed by atoms with Crippen LogP contribution in [-0.4, -0.2) is 42.6 Å². The lowest BCUT2D eigenvalue weighted by Crippen LogP contribution is -2.49. The van der Waals surface area contributed by atoms with Crippen molar-refractivity contribution in [3.8, 4) is 0 Å². The van der Waals surface area contributed by atoms with Gasteiger partial charge in [0.05, 0.1) is 7.11 Å². The SMILES string of the molecule is COC(=O)C1CCCN1C(=O)NC1CCCCC1. The van der Waals surface area contributed by atoms with Crippen LogP contribution in [0.1, 0.15) is 44.9 Å². The van der Waals surface area contributed by atoms with E-state index in [1.165, 1.54) is 26.4 Å². The van der Waals surface area contributed by atoms with Gasteiger partial charge in [-0.05, 0) is 25.7 Å². The van der Waals surface area contributed by atoms with Crippen molar-refractivity contribution in [3.05, 3.63) is 0 Å². The summed E-state index contributed by atoms with van der Waals surface area (Å²) in [6, 6.07) is -0.210. The zero-order chi connectivity index (χ0) is 13.0. The lowest BCUT2D eigenvalue weighted by molar-refractivity contribution is -0.144. The number of hydrogen-bond acceptors (Lipinski definition) is 3. The first-order valence-electron chi connectivity index (χ1n) is 6.87. The molecule has 2 amide bonds. The van der Waals surface area contributed by atoms with Crippen LogP contribution in [0.4, 0.5) is 4.79 Å².